The van der Waals surface area contributed by atoms with Crippen LogP contribution in [0.25, 0.3) is 0 Å². The largest absolute Gasteiger partial charge is 0.378 e. The molecule has 0 saturated heterocycles. The highest BCUT2D eigenvalue weighted by molar-refractivity contribution is 5.57. The van der Waals surface area contributed by atoms with Crippen LogP contribution in [0.5, 0.6) is 0 Å². The zero-order chi connectivity index (χ0) is 12.5. The van der Waals surface area contributed by atoms with E-state index >= 15 is 0 Å². The Kier molecular flexibility index (Phi) is 2.87. The number of hydrogen-bond acceptors (Lipinski definition) is 5. The molecule has 1 aliphatic carbocycles. The van der Waals surface area contributed by atoms with Crippen LogP contribution >= 0.6 is 0 Å². The number of aromatic nitrogens is 1. The van der Waals surface area contributed by atoms with Crippen molar-refractivity contribution in [2.24, 2.45) is 5.41 Å². The van der Waals surface area contributed by atoms with E-state index in [-0.39, 0.29) is 11.5 Å². The summed E-state index contributed by atoms with van der Waals surface area (Å²) in [7, 11) is 0. The smallest absolute Gasteiger partial charge is 0.311 e. The molecule has 0 spiro atoms. The van der Waals surface area contributed by atoms with Gasteiger partial charge in [-0.25, -0.2) is 4.98 Å². The lowest BCUT2D eigenvalue weighted by atomic mass is 10.0. The van der Waals surface area contributed by atoms with Gasteiger partial charge in [0.05, 0.1) is 4.92 Å². The van der Waals surface area contributed by atoms with E-state index in [1.54, 1.807) is 6.07 Å². The van der Waals surface area contributed by atoms with Crippen molar-refractivity contribution in [2.75, 3.05) is 17.6 Å². The van der Waals surface area contributed by atoms with Crippen LogP contribution in [0.15, 0.2) is 12.1 Å². The zero-order valence-electron chi connectivity index (χ0n) is 9.77. The minimum Gasteiger partial charge on any atom is -0.378 e. The molecule has 1 heterocycles. The number of nitrogens with two attached hydrogens (primary N) is 1. The number of nitrogens with one attached hydrogen (secondary N) is 1. The molecular weight excluding hydrogens is 220 g/mol. The highest BCUT2D eigenvalue weighted by Crippen LogP contribution is 2.48. The minimum atomic E-state index is -0.527. The van der Waals surface area contributed by atoms with E-state index in [0.29, 0.717) is 11.2 Å². The van der Waals surface area contributed by atoms with E-state index in [2.05, 4.69) is 17.2 Å². The number of nitrogens with zero attached hydrogens (tertiary/aromatic N) is 2. The van der Waals surface area contributed by atoms with Crippen molar-refractivity contribution < 1.29 is 4.92 Å². The van der Waals surface area contributed by atoms with Crippen LogP contribution in [0.3, 0.4) is 0 Å². The molecule has 0 bridgehead atoms. The van der Waals surface area contributed by atoms with E-state index in [4.69, 9.17) is 5.73 Å². The van der Waals surface area contributed by atoms with Crippen LogP contribution in [0, 0.1) is 15.5 Å². The number of pyridine rings is 1. The third-order valence-electron chi connectivity index (χ3n) is 3.45. The summed E-state index contributed by atoms with van der Waals surface area (Å²) in [5, 5.41) is 13.8. The second kappa shape index (κ2) is 4.20. The standard InChI is InChI=1S/C11H16N4O2/c1-2-11(5-6-11)7-13-9-4-3-8(15(16)17)10(12)14-9/h3-4H,2,5-7H2,1H3,(H3,12,13,14). The number of nitrogen functional groups attached to an aromatic ring is 1. The van der Waals surface area contributed by atoms with Gasteiger partial charge in [0.2, 0.25) is 5.82 Å². The molecule has 1 fully saturated rings. The van der Waals surface area contributed by atoms with E-state index < -0.39 is 4.92 Å². The fourth-order valence-electron chi connectivity index (χ4n) is 1.83. The Morgan fingerprint density at radius 2 is 2.29 bits per heavy atom. The summed E-state index contributed by atoms with van der Waals surface area (Å²) < 4.78 is 0. The summed E-state index contributed by atoms with van der Waals surface area (Å²) in [6.07, 6.45) is 3.61. The summed E-state index contributed by atoms with van der Waals surface area (Å²) in [6.45, 7) is 3.03. The maximum Gasteiger partial charge on any atom is 0.311 e. The predicted molar refractivity (Wildman–Crippen MR) is 65.8 cm³/mol. The summed E-state index contributed by atoms with van der Waals surface area (Å²) >= 11 is 0. The van der Waals surface area contributed by atoms with E-state index in [1.165, 1.54) is 18.9 Å². The van der Waals surface area contributed by atoms with Gasteiger partial charge in [-0.2, -0.15) is 0 Å². The van der Waals surface area contributed by atoms with Crippen molar-refractivity contribution in [1.29, 1.82) is 0 Å². The van der Waals surface area contributed by atoms with Crippen LogP contribution in [-0.4, -0.2) is 16.5 Å². The number of anilines is 2. The summed E-state index contributed by atoms with van der Waals surface area (Å²) in [4.78, 5) is 14.0. The quantitative estimate of drug-likeness (QED) is 0.603. The Morgan fingerprint density at radius 1 is 1.59 bits per heavy atom. The first kappa shape index (κ1) is 11.6. The number of nitro groups is 1. The molecule has 0 radical (unpaired) electrons. The molecule has 92 valence electrons. The van der Waals surface area contributed by atoms with Gasteiger partial charge < -0.3 is 11.1 Å². The zero-order valence-corrected chi connectivity index (χ0v) is 9.77. The highest BCUT2D eigenvalue weighted by atomic mass is 16.6. The Balaban J connectivity index is 2.03. The van der Waals surface area contributed by atoms with Gasteiger partial charge in [-0.1, -0.05) is 6.92 Å². The monoisotopic (exact) mass is 236 g/mol. The minimum absolute atomic E-state index is 0.0404. The topological polar surface area (TPSA) is 94.1 Å². The molecule has 6 heteroatoms. The second-order valence-corrected chi connectivity index (χ2v) is 4.57. The molecule has 1 aromatic rings. The lowest BCUT2D eigenvalue weighted by Crippen LogP contribution is -2.15. The first-order valence-corrected chi connectivity index (χ1v) is 5.71. The van der Waals surface area contributed by atoms with E-state index in [9.17, 15) is 10.1 Å². The van der Waals surface area contributed by atoms with Crippen molar-refractivity contribution in [3.05, 3.63) is 22.2 Å². The lowest BCUT2D eigenvalue weighted by molar-refractivity contribution is -0.384. The third kappa shape index (κ3) is 2.46. The third-order valence-corrected chi connectivity index (χ3v) is 3.45. The van der Waals surface area contributed by atoms with Crippen LogP contribution in [-0.2, 0) is 0 Å². The average molecular weight is 236 g/mol. The summed E-state index contributed by atoms with van der Waals surface area (Å²) in [5.74, 6) is 0.564. The molecule has 3 N–H and O–H groups in total. The number of hydrogen-bond donors (Lipinski definition) is 2. The predicted octanol–water partition coefficient (Wildman–Crippen LogP) is 2.17. The summed E-state index contributed by atoms with van der Waals surface area (Å²) in [5.41, 5.74) is 5.77. The van der Waals surface area contributed by atoms with Crippen LogP contribution < -0.4 is 11.1 Å². The molecule has 6 nitrogen and oxygen atoms in total. The Morgan fingerprint density at radius 3 is 2.76 bits per heavy atom. The first-order valence-electron chi connectivity index (χ1n) is 5.71. The van der Waals surface area contributed by atoms with E-state index in [1.807, 2.05) is 0 Å². The molecule has 0 unspecified atom stereocenters. The average Bonchev–Trinajstić information content (AvgIpc) is 3.07. The van der Waals surface area contributed by atoms with Gasteiger partial charge in [0, 0.05) is 12.6 Å². The van der Waals surface area contributed by atoms with Crippen molar-refractivity contribution in [3.8, 4) is 0 Å². The van der Waals surface area contributed by atoms with Gasteiger partial charge in [-0.3, -0.25) is 10.1 Å². The Labute approximate surface area is 99.4 Å². The molecule has 1 aromatic heterocycles. The molecule has 1 saturated carbocycles. The fourth-order valence-corrected chi connectivity index (χ4v) is 1.83. The van der Waals surface area contributed by atoms with Gasteiger partial charge in [0.25, 0.3) is 0 Å². The van der Waals surface area contributed by atoms with Gasteiger partial charge in [-0.05, 0) is 30.7 Å². The van der Waals surface area contributed by atoms with Gasteiger partial charge in [0.15, 0.2) is 0 Å². The van der Waals surface area contributed by atoms with Crippen molar-refractivity contribution in [2.45, 2.75) is 26.2 Å². The molecule has 17 heavy (non-hydrogen) atoms. The van der Waals surface area contributed by atoms with Gasteiger partial charge >= 0.3 is 5.69 Å². The fraction of sp³-hybridized carbons (Fsp3) is 0.545. The van der Waals surface area contributed by atoms with Gasteiger partial charge in [-0.15, -0.1) is 0 Å². The molecule has 0 aliphatic heterocycles. The maximum atomic E-state index is 10.6. The molecule has 0 atom stereocenters. The van der Waals surface area contributed by atoms with E-state index in [0.717, 1.165) is 13.0 Å². The lowest BCUT2D eigenvalue weighted by Gasteiger charge is -2.13. The number of rotatable bonds is 5. The molecule has 1 aliphatic rings. The first-order chi connectivity index (χ1) is 8.06. The van der Waals surface area contributed by atoms with Crippen molar-refractivity contribution >= 4 is 17.3 Å². The maximum absolute atomic E-state index is 10.6. The van der Waals surface area contributed by atoms with Gasteiger partial charge in [0.1, 0.15) is 5.82 Å². The Hall–Kier alpha value is -1.85. The Bertz CT molecular complexity index is 443. The molecule has 2 rings (SSSR count). The molecule has 0 amide bonds. The van der Waals surface area contributed by atoms with Crippen LogP contribution in [0.2, 0.25) is 0 Å². The SMILES string of the molecule is CCC1(CNc2ccc([N+](=O)[O-])c(N)n2)CC1. The molecule has 0 aromatic carbocycles. The van der Waals surface area contributed by atoms with Crippen molar-refractivity contribution in [1.82, 2.24) is 4.98 Å². The van der Waals surface area contributed by atoms with Crippen molar-refractivity contribution in [3.63, 3.8) is 0 Å². The highest BCUT2D eigenvalue weighted by Gasteiger charge is 2.40. The van der Waals surface area contributed by atoms with Crippen LogP contribution in [0.4, 0.5) is 17.3 Å². The summed E-state index contributed by atoms with van der Waals surface area (Å²) in [6, 6.07) is 2.98. The second-order valence-electron chi connectivity index (χ2n) is 4.57. The van der Waals surface area contributed by atoms with Crippen LogP contribution in [0.1, 0.15) is 26.2 Å². The molecular formula is C11H16N4O2. The normalized spacial score (nSPS) is 16.5.